The van der Waals surface area contributed by atoms with Gasteiger partial charge in [0.1, 0.15) is 29.5 Å². The number of pyridine rings is 1. The molecule has 2 aromatic heterocycles. The lowest BCUT2D eigenvalue weighted by molar-refractivity contribution is -0.207. The number of tetrazole rings is 1. The second-order valence-electron chi connectivity index (χ2n) is 11.7. The Hall–Kier alpha value is -5.16. The average molecular weight is 706 g/mol. The average Bonchev–Trinajstić information content (AvgIpc) is 3.60. The lowest BCUT2D eigenvalue weighted by atomic mass is 9.84. The van der Waals surface area contributed by atoms with Gasteiger partial charge in [0.05, 0.1) is 6.54 Å². The molecule has 6 rings (SSSR count). The first kappa shape index (κ1) is 34.7. The standard InChI is InChI=1S/C33H27F8N7O2/c34-22-4-9-26(28(36)15-22)31(50,18-48-19-43-44-45-48)32(37,38)29-10-3-21(17-42-29)20-1-5-23(6-2-20)46-11-13-47(14-12-46)24-7-8-25(27(35)16-24)30(49)33(39,40)41/h1-10,15-17,19,30,49-50H,11-14,18H2/t30-,31+/m1/s1. The Bertz CT molecular complexity index is 1940. The van der Waals surface area contributed by atoms with Crippen molar-refractivity contribution in [2.45, 2.75) is 30.3 Å². The van der Waals surface area contributed by atoms with Gasteiger partial charge in [-0.15, -0.1) is 5.10 Å². The number of benzene rings is 3. The van der Waals surface area contributed by atoms with E-state index in [9.17, 15) is 36.6 Å². The molecule has 0 bridgehead atoms. The van der Waals surface area contributed by atoms with Gasteiger partial charge in [-0.3, -0.25) is 4.98 Å². The molecule has 0 saturated carbocycles. The molecule has 0 aliphatic carbocycles. The molecule has 9 nitrogen and oxygen atoms in total. The third-order valence-electron chi connectivity index (χ3n) is 8.56. The number of aliphatic hydroxyl groups excluding tert-OH is 1. The van der Waals surface area contributed by atoms with Crippen molar-refractivity contribution in [2.75, 3.05) is 36.0 Å². The fraction of sp³-hybridized carbons (Fsp3) is 0.273. The molecule has 0 radical (unpaired) electrons. The SMILES string of the molecule is O[C@H](c1ccc(N2CCN(c3ccc(-c4ccc(C(F)(F)[C@](O)(Cn5cnnn5)c5ccc(F)cc5F)nc4)cc3)CC2)cc1F)C(F)(F)F. The van der Waals surface area contributed by atoms with Crippen LogP contribution in [0.4, 0.5) is 46.5 Å². The van der Waals surface area contributed by atoms with Crippen molar-refractivity contribution in [1.82, 2.24) is 25.2 Å². The van der Waals surface area contributed by atoms with Gasteiger partial charge < -0.3 is 20.0 Å². The molecule has 262 valence electrons. The highest BCUT2D eigenvalue weighted by Gasteiger charge is 2.58. The number of aromatic nitrogens is 5. The van der Waals surface area contributed by atoms with Gasteiger partial charge in [0.2, 0.25) is 0 Å². The molecule has 1 aliphatic rings. The van der Waals surface area contributed by atoms with Gasteiger partial charge in [0.25, 0.3) is 0 Å². The van der Waals surface area contributed by atoms with E-state index in [1.165, 1.54) is 18.3 Å². The smallest absolute Gasteiger partial charge is 0.379 e. The fourth-order valence-electron chi connectivity index (χ4n) is 5.83. The first-order chi connectivity index (χ1) is 23.7. The van der Waals surface area contributed by atoms with Crippen LogP contribution in [0.2, 0.25) is 0 Å². The Morgan fingerprint density at radius 2 is 1.38 bits per heavy atom. The van der Waals surface area contributed by atoms with Crippen LogP contribution in [0.3, 0.4) is 0 Å². The maximum atomic E-state index is 16.1. The molecule has 0 spiro atoms. The molecule has 17 heteroatoms. The highest BCUT2D eigenvalue weighted by atomic mass is 19.4. The highest BCUT2D eigenvalue weighted by Crippen LogP contribution is 2.47. The Morgan fingerprint density at radius 3 is 1.94 bits per heavy atom. The quantitative estimate of drug-likeness (QED) is 0.187. The lowest BCUT2D eigenvalue weighted by Crippen LogP contribution is -2.48. The minimum Gasteiger partial charge on any atom is -0.379 e. The summed E-state index contributed by atoms with van der Waals surface area (Å²) in [5, 5.41) is 31.0. The Morgan fingerprint density at radius 1 is 0.740 bits per heavy atom. The molecule has 3 heterocycles. The summed E-state index contributed by atoms with van der Waals surface area (Å²) in [4.78, 5) is 7.75. The van der Waals surface area contributed by atoms with E-state index in [4.69, 9.17) is 0 Å². The molecule has 5 aromatic rings. The van der Waals surface area contributed by atoms with Crippen LogP contribution in [-0.2, 0) is 18.1 Å². The Balaban J connectivity index is 1.14. The van der Waals surface area contributed by atoms with Crippen molar-refractivity contribution in [3.8, 4) is 11.1 Å². The van der Waals surface area contributed by atoms with Crippen LogP contribution >= 0.6 is 0 Å². The van der Waals surface area contributed by atoms with Crippen molar-refractivity contribution in [1.29, 1.82) is 0 Å². The maximum absolute atomic E-state index is 16.1. The zero-order valence-electron chi connectivity index (χ0n) is 25.7. The van der Waals surface area contributed by atoms with Gasteiger partial charge in [0, 0.05) is 66.5 Å². The summed E-state index contributed by atoms with van der Waals surface area (Å²) < 4.78 is 114. The van der Waals surface area contributed by atoms with Crippen molar-refractivity contribution in [3.63, 3.8) is 0 Å². The number of nitrogens with zero attached hydrogens (tertiary/aromatic N) is 7. The number of halogens is 8. The molecular weight excluding hydrogens is 678 g/mol. The predicted molar refractivity (Wildman–Crippen MR) is 163 cm³/mol. The topological polar surface area (TPSA) is 103 Å². The van der Waals surface area contributed by atoms with Crippen LogP contribution < -0.4 is 9.80 Å². The van der Waals surface area contributed by atoms with Gasteiger partial charge in [-0.2, -0.15) is 22.0 Å². The molecule has 0 unspecified atom stereocenters. The number of piperazine rings is 1. The van der Waals surface area contributed by atoms with E-state index >= 15 is 8.78 Å². The molecular formula is C33H27F8N7O2. The van der Waals surface area contributed by atoms with E-state index in [-0.39, 0.29) is 0 Å². The van der Waals surface area contributed by atoms with E-state index in [1.807, 2.05) is 21.9 Å². The molecule has 3 aromatic carbocycles. The zero-order valence-corrected chi connectivity index (χ0v) is 25.7. The van der Waals surface area contributed by atoms with Crippen LogP contribution in [0.5, 0.6) is 0 Å². The van der Waals surface area contributed by atoms with Gasteiger partial charge in [-0.25, -0.2) is 17.9 Å². The molecule has 0 amide bonds. The Kier molecular flexibility index (Phi) is 9.21. The molecule has 1 saturated heterocycles. The summed E-state index contributed by atoms with van der Waals surface area (Å²) in [5.41, 5.74) is -3.59. The summed E-state index contributed by atoms with van der Waals surface area (Å²) in [6.07, 6.45) is -5.77. The number of hydrogen-bond donors (Lipinski definition) is 2. The van der Waals surface area contributed by atoms with Crippen molar-refractivity contribution in [3.05, 3.63) is 120 Å². The number of hydrogen-bond acceptors (Lipinski definition) is 8. The van der Waals surface area contributed by atoms with E-state index in [0.29, 0.717) is 49.1 Å². The third-order valence-corrected chi connectivity index (χ3v) is 8.56. The van der Waals surface area contributed by atoms with Gasteiger partial charge in [-0.05, 0) is 58.5 Å². The van der Waals surface area contributed by atoms with E-state index in [2.05, 4.69) is 20.5 Å². The summed E-state index contributed by atoms with van der Waals surface area (Å²) >= 11 is 0. The summed E-state index contributed by atoms with van der Waals surface area (Å²) in [5.74, 6) is -7.78. The number of aliphatic hydroxyl groups is 2. The second-order valence-corrected chi connectivity index (χ2v) is 11.7. The normalized spacial score (nSPS) is 16.0. The van der Waals surface area contributed by atoms with Crippen molar-refractivity contribution < 1.29 is 45.3 Å². The summed E-state index contributed by atoms with van der Waals surface area (Å²) in [7, 11) is 0. The minimum atomic E-state index is -4.99. The third kappa shape index (κ3) is 6.69. The minimum absolute atomic E-state index is 0.382. The van der Waals surface area contributed by atoms with Gasteiger partial charge >= 0.3 is 12.1 Å². The molecule has 2 atom stereocenters. The first-order valence-electron chi connectivity index (χ1n) is 15.0. The van der Waals surface area contributed by atoms with Crippen LogP contribution in [-0.4, -0.2) is 67.8 Å². The second kappa shape index (κ2) is 13.3. The molecule has 1 fully saturated rings. The predicted octanol–water partition coefficient (Wildman–Crippen LogP) is 5.75. The fourth-order valence-corrected chi connectivity index (χ4v) is 5.83. The first-order valence-corrected chi connectivity index (χ1v) is 15.0. The van der Waals surface area contributed by atoms with Crippen molar-refractivity contribution in [2.24, 2.45) is 0 Å². The lowest BCUT2D eigenvalue weighted by Gasteiger charge is -2.37. The number of alkyl halides is 5. The number of rotatable bonds is 9. The highest BCUT2D eigenvalue weighted by molar-refractivity contribution is 5.66. The largest absolute Gasteiger partial charge is 0.418 e. The monoisotopic (exact) mass is 705 g/mol. The summed E-state index contributed by atoms with van der Waals surface area (Å²) in [6.45, 7) is 0.889. The van der Waals surface area contributed by atoms with Crippen molar-refractivity contribution >= 4 is 11.4 Å². The molecule has 50 heavy (non-hydrogen) atoms. The van der Waals surface area contributed by atoms with Gasteiger partial charge in [-0.1, -0.05) is 24.3 Å². The summed E-state index contributed by atoms with van der Waals surface area (Å²) in [6, 6.07) is 14.6. The Labute approximate surface area is 279 Å². The number of anilines is 2. The van der Waals surface area contributed by atoms with Crippen LogP contribution in [0.25, 0.3) is 11.1 Å². The van der Waals surface area contributed by atoms with Crippen LogP contribution in [0.1, 0.15) is 22.9 Å². The molecule has 2 N–H and O–H groups in total. The van der Waals surface area contributed by atoms with Crippen LogP contribution in [0, 0.1) is 17.5 Å². The van der Waals surface area contributed by atoms with E-state index in [1.54, 1.807) is 12.1 Å². The zero-order chi connectivity index (χ0) is 35.8. The maximum Gasteiger partial charge on any atom is 0.418 e. The molecule has 1 aliphatic heterocycles. The van der Waals surface area contributed by atoms with Gasteiger partial charge in [0.15, 0.2) is 11.7 Å². The van der Waals surface area contributed by atoms with E-state index < -0.39 is 64.6 Å². The van der Waals surface area contributed by atoms with E-state index in [0.717, 1.165) is 47.0 Å². The van der Waals surface area contributed by atoms with Crippen LogP contribution in [0.15, 0.2) is 85.3 Å².